The maximum Gasteiger partial charge on any atom is 0.123 e. The van der Waals surface area contributed by atoms with Crippen molar-refractivity contribution >= 4 is 0 Å². The minimum Gasteiger partial charge on any atom is -0.486 e. The Bertz CT molecular complexity index is 280. The predicted octanol–water partition coefficient (Wildman–Crippen LogP) is 2.33. The van der Waals surface area contributed by atoms with E-state index in [0.29, 0.717) is 12.3 Å². The van der Waals surface area contributed by atoms with Gasteiger partial charge in [0.2, 0.25) is 0 Å². The summed E-state index contributed by atoms with van der Waals surface area (Å²) < 4.78 is 18.3. The van der Waals surface area contributed by atoms with Gasteiger partial charge in [0.05, 0.1) is 0 Å². The Kier molecular flexibility index (Phi) is 3.47. The van der Waals surface area contributed by atoms with Gasteiger partial charge in [-0.1, -0.05) is 6.92 Å². The van der Waals surface area contributed by atoms with Gasteiger partial charge in [0.25, 0.3) is 0 Å². The first-order valence-electron chi connectivity index (χ1n) is 4.74. The molecule has 14 heavy (non-hydrogen) atoms. The molecule has 0 spiro atoms. The van der Waals surface area contributed by atoms with Gasteiger partial charge in [0.1, 0.15) is 17.2 Å². The first-order chi connectivity index (χ1) is 6.59. The fourth-order valence-corrected chi connectivity index (χ4v) is 1.05. The minimum atomic E-state index is -0.363. The highest BCUT2D eigenvalue weighted by Gasteiger charge is 2.21. The van der Waals surface area contributed by atoms with Gasteiger partial charge in [-0.25, -0.2) is 4.39 Å². The van der Waals surface area contributed by atoms with Crippen LogP contribution >= 0.6 is 0 Å². The van der Waals surface area contributed by atoms with Gasteiger partial charge in [0, 0.05) is 6.54 Å². The molecule has 0 amide bonds. The Morgan fingerprint density at radius 2 is 1.93 bits per heavy atom. The summed E-state index contributed by atoms with van der Waals surface area (Å²) in [6, 6.07) is 5.97. The highest BCUT2D eigenvalue weighted by molar-refractivity contribution is 5.23. The molecule has 0 radical (unpaired) electrons. The molecule has 1 aromatic rings. The monoisotopic (exact) mass is 197 g/mol. The molecular formula is C11H16FNO. The molecule has 0 aliphatic heterocycles. The number of benzene rings is 1. The zero-order valence-corrected chi connectivity index (χ0v) is 8.59. The van der Waals surface area contributed by atoms with Gasteiger partial charge in [0.15, 0.2) is 0 Å². The summed E-state index contributed by atoms with van der Waals surface area (Å²) in [5.41, 5.74) is 5.23. The van der Waals surface area contributed by atoms with Crippen molar-refractivity contribution < 1.29 is 9.13 Å². The van der Waals surface area contributed by atoms with Crippen molar-refractivity contribution in [3.8, 4) is 5.75 Å². The fourth-order valence-electron chi connectivity index (χ4n) is 1.05. The molecule has 0 heterocycles. The highest BCUT2D eigenvalue weighted by Crippen LogP contribution is 2.20. The van der Waals surface area contributed by atoms with E-state index in [0.717, 1.165) is 6.42 Å². The maximum atomic E-state index is 12.6. The third-order valence-corrected chi connectivity index (χ3v) is 2.36. The van der Waals surface area contributed by atoms with E-state index in [-0.39, 0.29) is 11.4 Å². The Hall–Kier alpha value is -1.09. The van der Waals surface area contributed by atoms with Gasteiger partial charge in [-0.15, -0.1) is 0 Å². The Labute approximate surface area is 83.9 Å². The van der Waals surface area contributed by atoms with Crippen molar-refractivity contribution in [2.45, 2.75) is 25.9 Å². The second-order valence-electron chi connectivity index (χ2n) is 3.56. The molecule has 0 aromatic heterocycles. The first-order valence-corrected chi connectivity index (χ1v) is 4.74. The van der Waals surface area contributed by atoms with Crippen molar-refractivity contribution in [3.63, 3.8) is 0 Å². The van der Waals surface area contributed by atoms with Gasteiger partial charge in [-0.2, -0.15) is 0 Å². The van der Waals surface area contributed by atoms with Crippen LogP contribution < -0.4 is 10.5 Å². The molecule has 0 saturated carbocycles. The Morgan fingerprint density at radius 3 is 2.36 bits per heavy atom. The second-order valence-corrected chi connectivity index (χ2v) is 3.56. The van der Waals surface area contributed by atoms with Crippen molar-refractivity contribution in [1.29, 1.82) is 0 Å². The summed E-state index contributed by atoms with van der Waals surface area (Å²) in [6.07, 6.45) is 0.820. The number of hydrogen-bond acceptors (Lipinski definition) is 2. The fraction of sp³-hybridized carbons (Fsp3) is 0.455. The molecule has 0 bridgehead atoms. The molecule has 0 aliphatic carbocycles. The third-order valence-electron chi connectivity index (χ3n) is 2.36. The van der Waals surface area contributed by atoms with Crippen molar-refractivity contribution in [2.75, 3.05) is 6.54 Å². The standard InChI is InChI=1S/C11H16FNO/c1-3-11(2,8-13)14-10-6-4-9(12)5-7-10/h4-7H,3,8,13H2,1-2H3. The van der Waals surface area contributed by atoms with Crippen LogP contribution in [0.3, 0.4) is 0 Å². The summed E-state index contributed by atoms with van der Waals surface area (Å²) in [5, 5.41) is 0. The predicted molar refractivity (Wildman–Crippen MR) is 54.8 cm³/mol. The Morgan fingerprint density at radius 1 is 1.36 bits per heavy atom. The van der Waals surface area contributed by atoms with E-state index in [9.17, 15) is 4.39 Å². The van der Waals surface area contributed by atoms with Crippen LogP contribution in [0.2, 0.25) is 0 Å². The SMILES string of the molecule is CCC(C)(CN)Oc1ccc(F)cc1. The number of ether oxygens (including phenoxy) is 1. The molecule has 0 aliphatic rings. The normalized spacial score (nSPS) is 14.9. The quantitative estimate of drug-likeness (QED) is 0.804. The van der Waals surface area contributed by atoms with Crippen molar-refractivity contribution in [2.24, 2.45) is 5.73 Å². The van der Waals surface area contributed by atoms with E-state index in [1.807, 2.05) is 13.8 Å². The topological polar surface area (TPSA) is 35.2 Å². The minimum absolute atomic E-state index is 0.261. The maximum absolute atomic E-state index is 12.6. The molecule has 1 unspecified atom stereocenters. The Balaban J connectivity index is 2.72. The van der Waals surface area contributed by atoms with Crippen molar-refractivity contribution in [3.05, 3.63) is 30.1 Å². The van der Waals surface area contributed by atoms with E-state index >= 15 is 0 Å². The van der Waals surface area contributed by atoms with Crippen LogP contribution in [0.15, 0.2) is 24.3 Å². The molecule has 0 fully saturated rings. The van der Waals surface area contributed by atoms with Crippen LogP contribution in [0.25, 0.3) is 0 Å². The van der Waals surface area contributed by atoms with Crippen LogP contribution in [-0.2, 0) is 0 Å². The zero-order valence-electron chi connectivity index (χ0n) is 8.59. The number of nitrogens with two attached hydrogens (primary N) is 1. The summed E-state index contributed by atoms with van der Waals surface area (Å²) in [6.45, 7) is 4.40. The van der Waals surface area contributed by atoms with Gasteiger partial charge >= 0.3 is 0 Å². The second kappa shape index (κ2) is 4.42. The summed E-state index contributed by atoms with van der Waals surface area (Å²) in [7, 11) is 0. The lowest BCUT2D eigenvalue weighted by atomic mass is 10.0. The number of rotatable bonds is 4. The van der Waals surface area contributed by atoms with E-state index in [2.05, 4.69) is 0 Å². The molecule has 78 valence electrons. The molecule has 1 atom stereocenters. The van der Waals surface area contributed by atoms with Crippen LogP contribution in [-0.4, -0.2) is 12.1 Å². The summed E-state index contributed by atoms with van der Waals surface area (Å²) in [5.74, 6) is 0.393. The van der Waals surface area contributed by atoms with Gasteiger partial charge in [-0.3, -0.25) is 0 Å². The summed E-state index contributed by atoms with van der Waals surface area (Å²) >= 11 is 0. The van der Waals surface area contributed by atoms with Crippen molar-refractivity contribution in [1.82, 2.24) is 0 Å². The molecule has 2 nitrogen and oxygen atoms in total. The lowest BCUT2D eigenvalue weighted by Gasteiger charge is -2.27. The van der Waals surface area contributed by atoms with Crippen LogP contribution in [0.5, 0.6) is 5.75 Å². The molecule has 0 saturated heterocycles. The van der Waals surface area contributed by atoms with E-state index < -0.39 is 0 Å². The number of halogens is 1. The van der Waals surface area contributed by atoms with E-state index in [1.165, 1.54) is 12.1 Å². The van der Waals surface area contributed by atoms with E-state index in [4.69, 9.17) is 10.5 Å². The molecule has 2 N–H and O–H groups in total. The smallest absolute Gasteiger partial charge is 0.123 e. The van der Waals surface area contributed by atoms with Crippen LogP contribution in [0, 0.1) is 5.82 Å². The molecular weight excluding hydrogens is 181 g/mol. The van der Waals surface area contributed by atoms with Gasteiger partial charge in [-0.05, 0) is 37.6 Å². The third kappa shape index (κ3) is 2.70. The number of hydrogen-bond donors (Lipinski definition) is 1. The zero-order chi connectivity index (χ0) is 10.6. The average Bonchev–Trinajstić information content (AvgIpc) is 2.21. The van der Waals surface area contributed by atoms with E-state index in [1.54, 1.807) is 12.1 Å². The molecule has 1 rings (SSSR count). The molecule has 1 aromatic carbocycles. The van der Waals surface area contributed by atoms with Crippen LogP contribution in [0.4, 0.5) is 4.39 Å². The van der Waals surface area contributed by atoms with Crippen LogP contribution in [0.1, 0.15) is 20.3 Å². The first kappa shape index (κ1) is 11.0. The highest BCUT2D eigenvalue weighted by atomic mass is 19.1. The summed E-state index contributed by atoms with van der Waals surface area (Å²) in [4.78, 5) is 0. The largest absolute Gasteiger partial charge is 0.486 e. The lowest BCUT2D eigenvalue weighted by molar-refractivity contribution is 0.0934. The molecule has 3 heteroatoms. The average molecular weight is 197 g/mol. The van der Waals surface area contributed by atoms with Gasteiger partial charge < -0.3 is 10.5 Å². The lowest BCUT2D eigenvalue weighted by Crippen LogP contribution is -2.39.